The van der Waals surface area contributed by atoms with Gasteiger partial charge in [-0.15, -0.1) is 0 Å². The molecule has 3 N–H and O–H groups in total. The average molecular weight is 264 g/mol. The van der Waals surface area contributed by atoms with Crippen molar-refractivity contribution in [2.45, 2.75) is 25.4 Å². The molecule has 0 aromatic carbocycles. The Kier molecular flexibility index (Phi) is 4.01. The number of carbonyl (C=O) groups excluding carboxylic acids is 1. The number of methoxy groups -OCH3 is 1. The number of pyridine rings is 1. The SMILES string of the molecule is COC1(C)CCCN(C(=O)c2ccc(NN)nc2)C1. The normalized spacial score (nSPS) is 23.2. The van der Waals surface area contributed by atoms with E-state index in [-0.39, 0.29) is 11.5 Å². The zero-order chi connectivity index (χ0) is 13.9. The monoisotopic (exact) mass is 264 g/mol. The van der Waals surface area contributed by atoms with Crippen LogP contribution in [-0.2, 0) is 4.74 Å². The van der Waals surface area contributed by atoms with Crippen molar-refractivity contribution in [2.75, 3.05) is 25.6 Å². The molecule has 1 saturated heterocycles. The number of nitrogens with zero attached hydrogens (tertiary/aromatic N) is 2. The van der Waals surface area contributed by atoms with Crippen molar-refractivity contribution in [3.8, 4) is 0 Å². The Morgan fingerprint density at radius 1 is 1.58 bits per heavy atom. The number of nitrogen functional groups attached to an aromatic ring is 1. The molecule has 19 heavy (non-hydrogen) atoms. The van der Waals surface area contributed by atoms with Crippen molar-refractivity contribution in [3.63, 3.8) is 0 Å². The van der Waals surface area contributed by atoms with E-state index in [9.17, 15) is 4.79 Å². The summed E-state index contributed by atoms with van der Waals surface area (Å²) < 4.78 is 5.50. The molecule has 1 amide bonds. The Labute approximate surface area is 112 Å². The molecule has 0 spiro atoms. The van der Waals surface area contributed by atoms with Crippen LogP contribution in [0.4, 0.5) is 5.82 Å². The summed E-state index contributed by atoms with van der Waals surface area (Å²) in [4.78, 5) is 18.3. The third-order valence-corrected chi connectivity index (χ3v) is 3.60. The summed E-state index contributed by atoms with van der Waals surface area (Å²) in [6, 6.07) is 3.41. The Morgan fingerprint density at radius 2 is 2.37 bits per heavy atom. The highest BCUT2D eigenvalue weighted by Crippen LogP contribution is 2.25. The summed E-state index contributed by atoms with van der Waals surface area (Å²) in [6.45, 7) is 3.40. The molecule has 0 aliphatic carbocycles. The zero-order valence-electron chi connectivity index (χ0n) is 11.3. The van der Waals surface area contributed by atoms with Gasteiger partial charge in [0, 0.05) is 26.4 Å². The summed E-state index contributed by atoms with van der Waals surface area (Å²) >= 11 is 0. The van der Waals surface area contributed by atoms with E-state index >= 15 is 0 Å². The van der Waals surface area contributed by atoms with Crippen molar-refractivity contribution in [1.29, 1.82) is 0 Å². The number of anilines is 1. The number of rotatable bonds is 3. The Morgan fingerprint density at radius 3 is 2.95 bits per heavy atom. The second-order valence-corrected chi connectivity index (χ2v) is 5.06. The maximum atomic E-state index is 12.4. The molecule has 1 atom stereocenters. The molecule has 104 valence electrons. The standard InChI is InChI=1S/C13H20N4O2/c1-13(19-2)6-3-7-17(9-13)12(18)10-4-5-11(16-14)15-8-10/h4-5,8H,3,6-7,9,14H2,1-2H3,(H,15,16). The van der Waals surface area contributed by atoms with Gasteiger partial charge in [0.05, 0.1) is 11.2 Å². The second-order valence-electron chi connectivity index (χ2n) is 5.06. The molecule has 1 aliphatic heterocycles. The summed E-state index contributed by atoms with van der Waals surface area (Å²) in [5.41, 5.74) is 2.76. The Bertz CT molecular complexity index is 448. The average Bonchev–Trinajstić information content (AvgIpc) is 2.46. The smallest absolute Gasteiger partial charge is 0.255 e. The molecule has 0 radical (unpaired) electrons. The van der Waals surface area contributed by atoms with E-state index in [0.29, 0.717) is 17.9 Å². The van der Waals surface area contributed by atoms with Crippen molar-refractivity contribution < 1.29 is 9.53 Å². The highest BCUT2D eigenvalue weighted by molar-refractivity contribution is 5.94. The van der Waals surface area contributed by atoms with Crippen molar-refractivity contribution in [3.05, 3.63) is 23.9 Å². The first-order valence-electron chi connectivity index (χ1n) is 6.35. The number of hydrogen-bond acceptors (Lipinski definition) is 5. The molecule has 0 bridgehead atoms. The van der Waals surface area contributed by atoms with Crippen molar-refractivity contribution >= 4 is 11.7 Å². The molecule has 6 nitrogen and oxygen atoms in total. The van der Waals surface area contributed by atoms with Gasteiger partial charge in [0.2, 0.25) is 0 Å². The van der Waals surface area contributed by atoms with Crippen molar-refractivity contribution in [1.82, 2.24) is 9.88 Å². The number of amides is 1. The van der Waals surface area contributed by atoms with Gasteiger partial charge in [-0.05, 0) is 31.9 Å². The predicted octanol–water partition coefficient (Wildman–Crippen LogP) is 1.01. The first-order valence-corrected chi connectivity index (χ1v) is 6.35. The fourth-order valence-corrected chi connectivity index (χ4v) is 2.33. The zero-order valence-corrected chi connectivity index (χ0v) is 11.3. The Balaban J connectivity index is 2.10. The lowest BCUT2D eigenvalue weighted by Crippen LogP contribution is -2.49. The number of aromatic nitrogens is 1. The summed E-state index contributed by atoms with van der Waals surface area (Å²) in [5.74, 6) is 5.77. The van der Waals surface area contributed by atoms with Gasteiger partial charge in [-0.1, -0.05) is 0 Å². The van der Waals surface area contributed by atoms with Gasteiger partial charge < -0.3 is 15.1 Å². The first-order chi connectivity index (χ1) is 9.08. The third kappa shape index (κ3) is 3.02. The van der Waals surface area contributed by atoms with Crippen LogP contribution in [0.1, 0.15) is 30.1 Å². The molecule has 1 fully saturated rings. The highest BCUT2D eigenvalue weighted by Gasteiger charge is 2.33. The minimum atomic E-state index is -0.250. The first kappa shape index (κ1) is 13.8. The van der Waals surface area contributed by atoms with E-state index in [0.717, 1.165) is 19.4 Å². The highest BCUT2D eigenvalue weighted by atomic mass is 16.5. The van der Waals surface area contributed by atoms with E-state index in [1.165, 1.54) is 6.20 Å². The number of hydrogen-bond donors (Lipinski definition) is 2. The van der Waals surface area contributed by atoms with E-state index in [4.69, 9.17) is 10.6 Å². The number of nitrogens with two attached hydrogens (primary N) is 1. The van der Waals surface area contributed by atoms with E-state index < -0.39 is 0 Å². The molecule has 2 heterocycles. The number of nitrogens with one attached hydrogen (secondary N) is 1. The molecular formula is C13H20N4O2. The third-order valence-electron chi connectivity index (χ3n) is 3.60. The van der Waals surface area contributed by atoms with Gasteiger partial charge in [-0.25, -0.2) is 10.8 Å². The lowest BCUT2D eigenvalue weighted by Gasteiger charge is -2.39. The topological polar surface area (TPSA) is 80.5 Å². The fraction of sp³-hybridized carbons (Fsp3) is 0.538. The number of piperidine rings is 1. The lowest BCUT2D eigenvalue weighted by atomic mass is 9.94. The predicted molar refractivity (Wildman–Crippen MR) is 72.6 cm³/mol. The van der Waals surface area contributed by atoms with Gasteiger partial charge in [0.1, 0.15) is 5.82 Å². The van der Waals surface area contributed by atoms with E-state index in [1.54, 1.807) is 19.2 Å². The van der Waals surface area contributed by atoms with Gasteiger partial charge in [0.15, 0.2) is 0 Å². The van der Waals surface area contributed by atoms with Crippen LogP contribution in [0, 0.1) is 0 Å². The van der Waals surface area contributed by atoms with Gasteiger partial charge >= 0.3 is 0 Å². The maximum Gasteiger partial charge on any atom is 0.255 e. The van der Waals surface area contributed by atoms with E-state index in [1.807, 2.05) is 11.8 Å². The van der Waals surface area contributed by atoms with Crippen LogP contribution in [0.5, 0.6) is 0 Å². The molecule has 0 saturated carbocycles. The van der Waals surface area contributed by atoms with Gasteiger partial charge in [-0.2, -0.15) is 0 Å². The van der Waals surface area contributed by atoms with Crippen LogP contribution in [0.15, 0.2) is 18.3 Å². The summed E-state index contributed by atoms with van der Waals surface area (Å²) in [7, 11) is 1.69. The largest absolute Gasteiger partial charge is 0.377 e. The molecule has 1 aromatic rings. The number of hydrazine groups is 1. The summed E-state index contributed by atoms with van der Waals surface area (Å²) in [5, 5.41) is 0. The Hall–Kier alpha value is -1.66. The fourth-order valence-electron chi connectivity index (χ4n) is 2.33. The van der Waals surface area contributed by atoms with E-state index in [2.05, 4.69) is 10.4 Å². The van der Waals surface area contributed by atoms with Crippen LogP contribution < -0.4 is 11.3 Å². The molecule has 1 unspecified atom stereocenters. The van der Waals surface area contributed by atoms with Crippen LogP contribution in [0.25, 0.3) is 0 Å². The quantitative estimate of drug-likeness (QED) is 0.629. The number of ether oxygens (including phenoxy) is 1. The molecule has 1 aliphatic rings. The summed E-state index contributed by atoms with van der Waals surface area (Å²) in [6.07, 6.45) is 3.46. The second kappa shape index (κ2) is 5.54. The van der Waals surface area contributed by atoms with Gasteiger partial charge in [0.25, 0.3) is 5.91 Å². The number of likely N-dealkylation sites (tertiary alicyclic amines) is 1. The lowest BCUT2D eigenvalue weighted by molar-refractivity contribution is -0.0440. The van der Waals surface area contributed by atoms with Crippen LogP contribution in [0.2, 0.25) is 0 Å². The molecule has 2 rings (SSSR count). The molecular weight excluding hydrogens is 244 g/mol. The van der Waals surface area contributed by atoms with Crippen LogP contribution in [-0.4, -0.2) is 41.6 Å². The minimum absolute atomic E-state index is 0.0148. The van der Waals surface area contributed by atoms with Crippen LogP contribution >= 0.6 is 0 Å². The number of carbonyl (C=O) groups is 1. The van der Waals surface area contributed by atoms with Crippen LogP contribution in [0.3, 0.4) is 0 Å². The maximum absolute atomic E-state index is 12.4. The van der Waals surface area contributed by atoms with Crippen molar-refractivity contribution in [2.24, 2.45) is 5.84 Å². The molecule has 6 heteroatoms. The molecule has 1 aromatic heterocycles. The minimum Gasteiger partial charge on any atom is -0.377 e. The van der Waals surface area contributed by atoms with Gasteiger partial charge in [-0.3, -0.25) is 4.79 Å².